The Morgan fingerprint density at radius 2 is 1.83 bits per heavy atom. The van der Waals surface area contributed by atoms with Gasteiger partial charge in [-0.25, -0.2) is 0 Å². The molecule has 5 nitrogen and oxygen atoms in total. The van der Waals surface area contributed by atoms with Crippen LogP contribution in [-0.2, 0) is 11.3 Å². The topological polar surface area (TPSA) is 50.8 Å². The average molecular weight is 328 g/mol. The van der Waals surface area contributed by atoms with Gasteiger partial charge in [0.25, 0.3) is 0 Å². The van der Waals surface area contributed by atoms with Crippen LogP contribution in [-0.4, -0.2) is 38.6 Å². The number of hydrogen-bond acceptors (Lipinski definition) is 4. The first-order valence-electron chi connectivity index (χ1n) is 7.78. The molecule has 0 aromatic heterocycles. The molecule has 0 aliphatic rings. The van der Waals surface area contributed by atoms with Crippen molar-refractivity contribution in [2.45, 2.75) is 13.5 Å². The largest absolute Gasteiger partial charge is 0.493 e. The third-order valence-electron chi connectivity index (χ3n) is 3.62. The third kappa shape index (κ3) is 4.99. The van der Waals surface area contributed by atoms with Crippen LogP contribution in [0.2, 0.25) is 0 Å². The lowest BCUT2D eigenvalue weighted by Gasteiger charge is -2.17. The summed E-state index contributed by atoms with van der Waals surface area (Å²) >= 11 is 0. The summed E-state index contributed by atoms with van der Waals surface area (Å²) in [5, 5.41) is 2.91. The normalized spacial score (nSPS) is 10.5. The highest BCUT2D eigenvalue weighted by Crippen LogP contribution is 2.27. The van der Waals surface area contributed by atoms with Crippen molar-refractivity contribution in [1.29, 1.82) is 0 Å². The minimum atomic E-state index is -0.0384. The number of amides is 1. The molecule has 24 heavy (non-hydrogen) atoms. The van der Waals surface area contributed by atoms with Crippen LogP contribution in [0.3, 0.4) is 0 Å². The molecule has 0 unspecified atom stereocenters. The number of nitrogens with one attached hydrogen (secondary N) is 1. The minimum Gasteiger partial charge on any atom is -0.493 e. The molecule has 128 valence electrons. The zero-order valence-electron chi connectivity index (χ0n) is 14.6. The Labute approximate surface area is 143 Å². The van der Waals surface area contributed by atoms with E-state index in [0.717, 1.165) is 16.8 Å². The number of methoxy groups -OCH3 is 2. The summed E-state index contributed by atoms with van der Waals surface area (Å²) in [4.78, 5) is 14.1. The van der Waals surface area contributed by atoms with Crippen LogP contribution in [0.1, 0.15) is 11.1 Å². The first-order valence-corrected chi connectivity index (χ1v) is 7.78. The van der Waals surface area contributed by atoms with Crippen LogP contribution >= 0.6 is 0 Å². The lowest BCUT2D eigenvalue weighted by molar-refractivity contribution is -0.117. The van der Waals surface area contributed by atoms with Crippen LogP contribution in [0.5, 0.6) is 11.5 Å². The Balaban J connectivity index is 1.92. The number of nitrogens with zero attached hydrogens (tertiary/aromatic N) is 1. The maximum Gasteiger partial charge on any atom is 0.238 e. The Bertz CT molecular complexity index is 701. The van der Waals surface area contributed by atoms with Gasteiger partial charge in [0.2, 0.25) is 5.91 Å². The van der Waals surface area contributed by atoms with Crippen LogP contribution in [0.15, 0.2) is 42.5 Å². The molecule has 2 rings (SSSR count). The van der Waals surface area contributed by atoms with Gasteiger partial charge < -0.3 is 14.8 Å². The van der Waals surface area contributed by atoms with Crippen molar-refractivity contribution < 1.29 is 14.3 Å². The molecule has 0 spiro atoms. The van der Waals surface area contributed by atoms with E-state index in [4.69, 9.17) is 9.47 Å². The molecule has 5 heteroatoms. The molecule has 1 N–H and O–H groups in total. The molecule has 0 radical (unpaired) electrons. The summed E-state index contributed by atoms with van der Waals surface area (Å²) in [6.07, 6.45) is 0. The molecule has 0 heterocycles. The van der Waals surface area contributed by atoms with E-state index in [1.165, 1.54) is 0 Å². The second-order valence-corrected chi connectivity index (χ2v) is 5.78. The van der Waals surface area contributed by atoms with E-state index in [2.05, 4.69) is 5.32 Å². The highest BCUT2D eigenvalue weighted by molar-refractivity contribution is 5.92. The van der Waals surface area contributed by atoms with E-state index in [-0.39, 0.29) is 5.91 Å². The number of ether oxygens (including phenoxy) is 2. The summed E-state index contributed by atoms with van der Waals surface area (Å²) in [6, 6.07) is 13.5. The van der Waals surface area contributed by atoms with E-state index in [9.17, 15) is 4.79 Å². The average Bonchev–Trinajstić information content (AvgIpc) is 2.54. The van der Waals surface area contributed by atoms with Gasteiger partial charge in [-0.1, -0.05) is 18.2 Å². The molecular formula is C19H24N2O3. The van der Waals surface area contributed by atoms with Crippen molar-refractivity contribution in [2.75, 3.05) is 33.1 Å². The lowest BCUT2D eigenvalue weighted by Crippen LogP contribution is -2.29. The van der Waals surface area contributed by atoms with E-state index >= 15 is 0 Å². The van der Waals surface area contributed by atoms with Crippen molar-refractivity contribution in [3.63, 3.8) is 0 Å². The van der Waals surface area contributed by atoms with Gasteiger partial charge in [0.15, 0.2) is 11.5 Å². The Morgan fingerprint density at radius 3 is 2.50 bits per heavy atom. The van der Waals surface area contributed by atoms with Crippen molar-refractivity contribution in [3.8, 4) is 11.5 Å². The zero-order valence-corrected chi connectivity index (χ0v) is 14.6. The monoisotopic (exact) mass is 328 g/mol. The molecule has 0 bridgehead atoms. The fourth-order valence-corrected chi connectivity index (χ4v) is 2.52. The summed E-state index contributed by atoms with van der Waals surface area (Å²) < 4.78 is 10.5. The number of hydrogen-bond donors (Lipinski definition) is 1. The molecule has 0 aliphatic carbocycles. The smallest absolute Gasteiger partial charge is 0.238 e. The molecule has 0 fully saturated rings. The highest BCUT2D eigenvalue weighted by atomic mass is 16.5. The molecular weight excluding hydrogens is 304 g/mol. The van der Waals surface area contributed by atoms with Crippen molar-refractivity contribution in [3.05, 3.63) is 53.6 Å². The zero-order chi connectivity index (χ0) is 17.5. The maximum atomic E-state index is 12.2. The molecule has 1 amide bonds. The van der Waals surface area contributed by atoms with Gasteiger partial charge in [-0.3, -0.25) is 9.69 Å². The summed E-state index contributed by atoms with van der Waals surface area (Å²) in [5.41, 5.74) is 2.99. The first kappa shape index (κ1) is 17.8. The van der Waals surface area contributed by atoms with Gasteiger partial charge in [0.1, 0.15) is 0 Å². The fourth-order valence-electron chi connectivity index (χ4n) is 2.52. The van der Waals surface area contributed by atoms with Crippen LogP contribution in [0.25, 0.3) is 0 Å². The van der Waals surface area contributed by atoms with E-state index in [1.54, 1.807) is 14.2 Å². The van der Waals surface area contributed by atoms with Gasteiger partial charge in [0, 0.05) is 12.2 Å². The van der Waals surface area contributed by atoms with E-state index in [0.29, 0.717) is 24.6 Å². The summed E-state index contributed by atoms with van der Waals surface area (Å²) in [7, 11) is 5.13. The van der Waals surface area contributed by atoms with Crippen molar-refractivity contribution in [2.24, 2.45) is 0 Å². The lowest BCUT2D eigenvalue weighted by atomic mass is 10.2. The summed E-state index contributed by atoms with van der Waals surface area (Å²) in [6.45, 7) is 2.95. The highest BCUT2D eigenvalue weighted by Gasteiger charge is 2.10. The van der Waals surface area contributed by atoms with Crippen molar-refractivity contribution in [1.82, 2.24) is 4.90 Å². The fraction of sp³-hybridized carbons (Fsp3) is 0.316. The van der Waals surface area contributed by atoms with Gasteiger partial charge in [-0.05, 0) is 49.4 Å². The van der Waals surface area contributed by atoms with Crippen LogP contribution in [0.4, 0.5) is 5.69 Å². The predicted molar refractivity (Wildman–Crippen MR) is 95.7 cm³/mol. The van der Waals surface area contributed by atoms with Crippen molar-refractivity contribution >= 4 is 11.6 Å². The maximum absolute atomic E-state index is 12.2. The number of aryl methyl sites for hydroxylation is 1. The van der Waals surface area contributed by atoms with Gasteiger partial charge in [-0.2, -0.15) is 0 Å². The Morgan fingerprint density at radius 1 is 1.08 bits per heavy atom. The van der Waals surface area contributed by atoms with Gasteiger partial charge in [0.05, 0.1) is 20.8 Å². The number of carbonyl (C=O) groups excluding carboxylic acids is 1. The molecule has 0 saturated carbocycles. The predicted octanol–water partition coefficient (Wildman–Crippen LogP) is 3.08. The second kappa shape index (κ2) is 8.36. The molecule has 2 aromatic rings. The second-order valence-electron chi connectivity index (χ2n) is 5.78. The van der Waals surface area contributed by atoms with E-state index < -0.39 is 0 Å². The molecule has 0 atom stereocenters. The minimum absolute atomic E-state index is 0.0384. The number of benzene rings is 2. The number of likely N-dealkylation sites (N-methyl/N-ethyl adjacent to an activating group) is 1. The number of rotatable bonds is 7. The third-order valence-corrected chi connectivity index (χ3v) is 3.62. The number of anilines is 1. The van der Waals surface area contributed by atoms with Crippen LogP contribution in [0, 0.1) is 6.92 Å². The quantitative estimate of drug-likeness (QED) is 0.848. The number of carbonyl (C=O) groups is 1. The van der Waals surface area contributed by atoms with Gasteiger partial charge >= 0.3 is 0 Å². The van der Waals surface area contributed by atoms with E-state index in [1.807, 2.05) is 61.3 Å². The first-order chi connectivity index (χ1) is 11.5. The van der Waals surface area contributed by atoms with Gasteiger partial charge in [-0.15, -0.1) is 0 Å². The van der Waals surface area contributed by atoms with Crippen LogP contribution < -0.4 is 14.8 Å². The Hall–Kier alpha value is -2.53. The standard InChI is InChI=1S/C19H24N2O3/c1-14-6-5-7-16(10-14)20-19(22)13-21(2)12-15-8-9-17(23-3)18(11-15)24-4/h5-11H,12-13H2,1-4H3,(H,20,22). The molecule has 0 saturated heterocycles. The Kier molecular flexibility index (Phi) is 6.21. The molecule has 2 aromatic carbocycles. The SMILES string of the molecule is COc1ccc(CN(C)CC(=O)Nc2cccc(C)c2)cc1OC. The summed E-state index contributed by atoms with van der Waals surface area (Å²) in [5.74, 6) is 1.34. The molecule has 0 aliphatic heterocycles.